The van der Waals surface area contributed by atoms with Gasteiger partial charge < -0.3 is 15.4 Å². The number of anilines is 2. The molecule has 1 unspecified atom stereocenters. The van der Waals surface area contributed by atoms with Gasteiger partial charge in [0, 0.05) is 26.5 Å². The van der Waals surface area contributed by atoms with Crippen LogP contribution in [0.5, 0.6) is 5.75 Å². The molecule has 6 nitrogen and oxygen atoms in total. The summed E-state index contributed by atoms with van der Waals surface area (Å²) in [6, 6.07) is 29.1. The number of aromatic nitrogens is 1. The van der Waals surface area contributed by atoms with Crippen molar-refractivity contribution in [1.82, 2.24) is 4.98 Å². The molecule has 5 rings (SSSR count). The molecule has 0 aliphatic heterocycles. The number of rotatable bonds is 9. The van der Waals surface area contributed by atoms with Gasteiger partial charge in [-0.05, 0) is 54.1 Å². The smallest absolute Gasteiger partial charge is 0.257 e. The Bertz CT molecular complexity index is 1700. The summed E-state index contributed by atoms with van der Waals surface area (Å²) in [6.45, 7) is 0. The number of amides is 2. The van der Waals surface area contributed by atoms with E-state index in [1.165, 1.54) is 29.2 Å². The number of nitrogens with one attached hydrogen (secondary N) is 2. The van der Waals surface area contributed by atoms with Crippen molar-refractivity contribution in [3.05, 3.63) is 124 Å². The van der Waals surface area contributed by atoms with Crippen LogP contribution in [0.4, 0.5) is 10.8 Å². The SMILES string of the molecule is COc1ccccc1-c1csc(NC(=O)C(Sc2cccc(NC(=O)c3ccc(Cl)cc3Cl)c2)c2ccccc2)n1. The summed E-state index contributed by atoms with van der Waals surface area (Å²) in [4.78, 5) is 31.9. The number of carbonyl (C=O) groups is 2. The van der Waals surface area contributed by atoms with Crippen LogP contribution in [0.15, 0.2) is 107 Å². The van der Waals surface area contributed by atoms with Crippen LogP contribution < -0.4 is 15.4 Å². The van der Waals surface area contributed by atoms with Crippen molar-refractivity contribution in [3.63, 3.8) is 0 Å². The predicted octanol–water partition coefficient (Wildman–Crippen LogP) is 8.85. The van der Waals surface area contributed by atoms with Crippen LogP contribution in [0.25, 0.3) is 11.3 Å². The van der Waals surface area contributed by atoms with E-state index in [0.29, 0.717) is 27.2 Å². The Kier molecular flexibility index (Phi) is 9.26. The topological polar surface area (TPSA) is 80.3 Å². The Balaban J connectivity index is 1.35. The maximum absolute atomic E-state index is 13.6. The summed E-state index contributed by atoms with van der Waals surface area (Å²) >= 11 is 14.9. The lowest BCUT2D eigenvalue weighted by atomic mass is 10.1. The largest absolute Gasteiger partial charge is 0.496 e. The van der Waals surface area contributed by atoms with E-state index in [1.807, 2.05) is 78.2 Å². The van der Waals surface area contributed by atoms with E-state index < -0.39 is 5.25 Å². The highest BCUT2D eigenvalue weighted by molar-refractivity contribution is 8.00. The monoisotopic (exact) mass is 619 g/mol. The molecule has 10 heteroatoms. The first-order chi connectivity index (χ1) is 19.9. The number of halogens is 2. The molecule has 0 saturated heterocycles. The van der Waals surface area contributed by atoms with Crippen molar-refractivity contribution in [2.75, 3.05) is 17.7 Å². The predicted molar refractivity (Wildman–Crippen MR) is 169 cm³/mol. The minimum Gasteiger partial charge on any atom is -0.496 e. The first-order valence-corrected chi connectivity index (χ1v) is 14.9. The molecular weight excluding hydrogens is 597 g/mol. The molecule has 0 spiro atoms. The van der Waals surface area contributed by atoms with Crippen LogP contribution in [-0.4, -0.2) is 23.9 Å². The molecule has 2 N–H and O–H groups in total. The molecule has 0 fully saturated rings. The Morgan fingerprint density at radius 3 is 2.46 bits per heavy atom. The summed E-state index contributed by atoms with van der Waals surface area (Å²) in [7, 11) is 1.61. The molecule has 0 saturated carbocycles. The molecule has 0 radical (unpaired) electrons. The van der Waals surface area contributed by atoms with E-state index in [-0.39, 0.29) is 16.8 Å². The van der Waals surface area contributed by atoms with Crippen LogP contribution in [0.1, 0.15) is 21.2 Å². The van der Waals surface area contributed by atoms with E-state index in [9.17, 15) is 9.59 Å². The summed E-state index contributed by atoms with van der Waals surface area (Å²) in [5.74, 6) is 0.129. The first kappa shape index (κ1) is 28.7. The lowest BCUT2D eigenvalue weighted by molar-refractivity contribution is -0.115. The maximum Gasteiger partial charge on any atom is 0.257 e. The van der Waals surface area contributed by atoms with Crippen LogP contribution in [0, 0.1) is 0 Å². The fraction of sp³-hybridized carbons (Fsp3) is 0.0645. The highest BCUT2D eigenvalue weighted by Gasteiger charge is 2.24. The van der Waals surface area contributed by atoms with Crippen LogP contribution >= 0.6 is 46.3 Å². The first-order valence-electron chi connectivity index (χ1n) is 12.4. The lowest BCUT2D eigenvalue weighted by Gasteiger charge is -2.17. The van der Waals surface area contributed by atoms with Gasteiger partial charge in [-0.25, -0.2) is 4.98 Å². The summed E-state index contributed by atoms with van der Waals surface area (Å²) in [5, 5.41) is 8.35. The van der Waals surface area contributed by atoms with Gasteiger partial charge in [0.25, 0.3) is 5.91 Å². The van der Waals surface area contributed by atoms with Gasteiger partial charge in [-0.1, -0.05) is 71.7 Å². The average Bonchev–Trinajstić information content (AvgIpc) is 3.44. The Morgan fingerprint density at radius 2 is 1.68 bits per heavy atom. The Hall–Kier alpha value is -3.82. The van der Waals surface area contributed by atoms with Crippen molar-refractivity contribution in [3.8, 4) is 17.0 Å². The van der Waals surface area contributed by atoms with E-state index in [0.717, 1.165) is 21.7 Å². The van der Waals surface area contributed by atoms with Crippen molar-refractivity contribution < 1.29 is 14.3 Å². The van der Waals surface area contributed by atoms with E-state index in [2.05, 4.69) is 15.6 Å². The normalized spacial score (nSPS) is 11.5. The van der Waals surface area contributed by atoms with E-state index >= 15 is 0 Å². The molecule has 41 heavy (non-hydrogen) atoms. The van der Waals surface area contributed by atoms with Gasteiger partial charge in [0.2, 0.25) is 5.91 Å². The fourth-order valence-electron chi connectivity index (χ4n) is 4.04. The Morgan fingerprint density at radius 1 is 0.902 bits per heavy atom. The number of benzene rings is 4. The van der Waals surface area contributed by atoms with Crippen molar-refractivity contribution >= 4 is 68.9 Å². The third-order valence-corrected chi connectivity index (χ3v) is 8.53. The van der Waals surface area contributed by atoms with Crippen LogP contribution in [0.2, 0.25) is 10.0 Å². The second-order valence-corrected chi connectivity index (χ2v) is 11.6. The summed E-state index contributed by atoms with van der Waals surface area (Å²) in [6.07, 6.45) is 0. The Labute approximate surface area is 255 Å². The van der Waals surface area contributed by atoms with Crippen molar-refractivity contribution in [2.45, 2.75) is 10.1 Å². The standard InChI is InChI=1S/C31H23Cl2N3O3S2/c1-39-27-13-6-5-12-24(27)26-18-40-31(35-26)36-30(38)28(19-8-3-2-4-9-19)41-22-11-7-10-21(17-22)34-29(37)23-15-14-20(32)16-25(23)33/h2-18,28H,1H3,(H,34,37)(H,35,36,38). The summed E-state index contributed by atoms with van der Waals surface area (Å²) < 4.78 is 5.46. The van der Waals surface area contributed by atoms with Gasteiger partial charge in [0.1, 0.15) is 11.0 Å². The molecule has 5 aromatic rings. The molecule has 0 aliphatic carbocycles. The number of nitrogens with zero attached hydrogens (tertiary/aromatic N) is 1. The minimum atomic E-state index is -0.577. The molecule has 2 amide bonds. The van der Waals surface area contributed by atoms with Gasteiger partial charge in [-0.15, -0.1) is 23.1 Å². The maximum atomic E-state index is 13.6. The van der Waals surface area contributed by atoms with Crippen LogP contribution in [-0.2, 0) is 4.79 Å². The molecule has 206 valence electrons. The van der Waals surface area contributed by atoms with E-state index in [1.54, 1.807) is 25.3 Å². The zero-order valence-corrected chi connectivity index (χ0v) is 24.8. The molecular formula is C31H23Cl2N3O3S2. The van der Waals surface area contributed by atoms with Gasteiger partial charge in [0.15, 0.2) is 5.13 Å². The molecule has 0 aliphatic rings. The number of para-hydroxylation sites is 1. The van der Waals surface area contributed by atoms with Gasteiger partial charge in [0.05, 0.1) is 23.4 Å². The van der Waals surface area contributed by atoms with Gasteiger partial charge in [-0.3, -0.25) is 9.59 Å². The second-order valence-electron chi connectivity index (χ2n) is 8.74. The number of thioether (sulfide) groups is 1. The average molecular weight is 621 g/mol. The van der Waals surface area contributed by atoms with Crippen molar-refractivity contribution in [2.24, 2.45) is 0 Å². The zero-order valence-electron chi connectivity index (χ0n) is 21.6. The van der Waals surface area contributed by atoms with Crippen LogP contribution in [0.3, 0.4) is 0 Å². The highest BCUT2D eigenvalue weighted by Crippen LogP contribution is 2.38. The quantitative estimate of drug-likeness (QED) is 0.161. The zero-order chi connectivity index (χ0) is 28.8. The highest BCUT2D eigenvalue weighted by atomic mass is 35.5. The third-order valence-electron chi connectivity index (χ3n) is 5.98. The molecule has 1 aromatic heterocycles. The lowest BCUT2D eigenvalue weighted by Crippen LogP contribution is -2.19. The number of methoxy groups -OCH3 is 1. The van der Waals surface area contributed by atoms with Gasteiger partial charge >= 0.3 is 0 Å². The molecule has 0 bridgehead atoms. The number of ether oxygens (including phenoxy) is 1. The van der Waals surface area contributed by atoms with Gasteiger partial charge in [-0.2, -0.15) is 0 Å². The second kappa shape index (κ2) is 13.2. The fourth-order valence-corrected chi connectivity index (χ4v) is 6.33. The minimum absolute atomic E-state index is 0.218. The van der Waals surface area contributed by atoms with Crippen molar-refractivity contribution in [1.29, 1.82) is 0 Å². The number of carbonyl (C=O) groups excluding carboxylic acids is 2. The van der Waals surface area contributed by atoms with E-state index in [4.69, 9.17) is 27.9 Å². The molecule has 1 atom stereocenters. The molecule has 4 aromatic carbocycles. The third kappa shape index (κ3) is 7.10. The number of thiazole rings is 1. The summed E-state index contributed by atoms with van der Waals surface area (Å²) in [5.41, 5.74) is 3.28. The molecule has 1 heterocycles. The number of hydrogen-bond acceptors (Lipinski definition) is 6. The number of hydrogen-bond donors (Lipinski definition) is 2.